The largest absolute Gasteiger partial charge is 0.474 e. The van der Waals surface area contributed by atoms with E-state index < -0.39 is 21.8 Å². The molecule has 1 aliphatic heterocycles. The van der Waals surface area contributed by atoms with E-state index in [4.69, 9.17) is 9.47 Å². The van der Waals surface area contributed by atoms with Gasteiger partial charge < -0.3 is 14.8 Å². The van der Waals surface area contributed by atoms with Crippen molar-refractivity contribution in [3.05, 3.63) is 29.1 Å². The number of carbonyl (C=O) groups excluding carboxylic acids is 1. The van der Waals surface area contributed by atoms with Gasteiger partial charge in [-0.25, -0.2) is 13.4 Å². The number of sulfone groups is 1. The van der Waals surface area contributed by atoms with Crippen LogP contribution in [0.1, 0.15) is 67.5 Å². The van der Waals surface area contributed by atoms with Crippen LogP contribution in [0.5, 0.6) is 5.88 Å². The molecule has 9 heteroatoms. The van der Waals surface area contributed by atoms with E-state index in [9.17, 15) is 13.2 Å². The van der Waals surface area contributed by atoms with Crippen molar-refractivity contribution in [3.63, 3.8) is 0 Å². The van der Waals surface area contributed by atoms with Gasteiger partial charge in [-0.2, -0.15) is 4.98 Å². The molecule has 1 aliphatic carbocycles. The lowest BCUT2D eigenvalue weighted by Gasteiger charge is -2.24. The number of nitrogens with one attached hydrogen (secondary N) is 1. The van der Waals surface area contributed by atoms with Gasteiger partial charge in [-0.15, -0.1) is 0 Å². The zero-order valence-electron chi connectivity index (χ0n) is 17.0. The number of aromatic nitrogens is 2. The van der Waals surface area contributed by atoms with E-state index in [-0.39, 0.29) is 11.7 Å². The lowest BCUT2D eigenvalue weighted by molar-refractivity contribution is 0.0231. The smallest absolute Gasteiger partial charge is 0.258 e. The lowest BCUT2D eigenvalue weighted by Crippen LogP contribution is -2.33. The highest BCUT2D eigenvalue weighted by molar-refractivity contribution is 7.93. The molecule has 1 atom stereocenters. The summed E-state index contributed by atoms with van der Waals surface area (Å²) in [4.78, 5) is 21.8. The van der Waals surface area contributed by atoms with Crippen LogP contribution in [0, 0.1) is 0 Å². The third-order valence-electron chi connectivity index (χ3n) is 5.16. The van der Waals surface area contributed by atoms with Crippen molar-refractivity contribution >= 4 is 15.7 Å². The van der Waals surface area contributed by atoms with Gasteiger partial charge in [0.1, 0.15) is 17.5 Å². The maximum atomic E-state index is 12.8. The second-order valence-corrected chi connectivity index (χ2v) is 9.71. The van der Waals surface area contributed by atoms with E-state index in [0.29, 0.717) is 25.0 Å². The molecule has 2 aliphatic rings. The average Bonchev–Trinajstić information content (AvgIpc) is 3.21. The van der Waals surface area contributed by atoms with Gasteiger partial charge in [-0.1, -0.05) is 18.9 Å². The van der Waals surface area contributed by atoms with Crippen LogP contribution in [-0.2, 0) is 14.6 Å². The number of nitrogens with zero attached hydrogens (tertiary/aromatic N) is 2. The van der Waals surface area contributed by atoms with Crippen LogP contribution in [0.4, 0.5) is 0 Å². The lowest BCUT2D eigenvalue weighted by atomic mass is 10.1. The molecular formula is C20H29N3O5S. The second-order valence-electron chi connectivity index (χ2n) is 7.78. The first-order chi connectivity index (χ1) is 13.8. The summed E-state index contributed by atoms with van der Waals surface area (Å²) in [5, 5.41) is 3.84. The van der Waals surface area contributed by atoms with Crippen LogP contribution >= 0.6 is 0 Å². The van der Waals surface area contributed by atoms with Crippen LogP contribution in [0.3, 0.4) is 0 Å². The summed E-state index contributed by atoms with van der Waals surface area (Å²) >= 11 is 0. The van der Waals surface area contributed by atoms with Gasteiger partial charge in [0.05, 0.1) is 13.2 Å². The fourth-order valence-electron chi connectivity index (χ4n) is 3.55. The summed E-state index contributed by atoms with van der Waals surface area (Å²) < 4.78 is 34.0. The average molecular weight is 424 g/mol. The standard InChI is InChI=1S/C20H29N3O5S/c1-14(9-12-29(2,25)26)22-19(24)17-13-21-18(15-5-3-4-6-15)23-20(17)28-16-7-10-27-11-8-16/h9,12-16H,3-8,10-11H2,1-2H3,(H,22,24)/b12-9+/t14-/m0/s1. The van der Waals surface area contributed by atoms with Crippen molar-refractivity contribution in [2.24, 2.45) is 0 Å². The van der Waals surface area contributed by atoms with E-state index in [0.717, 1.165) is 56.0 Å². The first-order valence-electron chi connectivity index (χ1n) is 10.1. The Morgan fingerprint density at radius 1 is 1.28 bits per heavy atom. The minimum atomic E-state index is -3.26. The molecule has 8 nitrogen and oxygen atoms in total. The van der Waals surface area contributed by atoms with Gasteiger partial charge in [-0.3, -0.25) is 4.79 Å². The number of amides is 1. The van der Waals surface area contributed by atoms with Crippen molar-refractivity contribution in [2.45, 2.75) is 63.5 Å². The molecule has 0 aromatic carbocycles. The Kier molecular flexibility index (Phi) is 7.23. The third-order valence-corrected chi connectivity index (χ3v) is 5.81. The van der Waals surface area contributed by atoms with Crippen LogP contribution in [0.25, 0.3) is 0 Å². The van der Waals surface area contributed by atoms with Gasteiger partial charge in [0, 0.05) is 42.7 Å². The Balaban J connectivity index is 1.79. The van der Waals surface area contributed by atoms with Gasteiger partial charge in [0.2, 0.25) is 5.88 Å². The molecule has 160 valence electrons. The molecule has 0 unspecified atom stereocenters. The summed E-state index contributed by atoms with van der Waals surface area (Å²) in [7, 11) is -3.26. The van der Waals surface area contributed by atoms with Crippen molar-refractivity contribution in [3.8, 4) is 5.88 Å². The van der Waals surface area contributed by atoms with Crippen molar-refractivity contribution in [1.82, 2.24) is 15.3 Å². The maximum absolute atomic E-state index is 12.8. The quantitative estimate of drug-likeness (QED) is 0.717. The highest BCUT2D eigenvalue weighted by Gasteiger charge is 2.26. The van der Waals surface area contributed by atoms with Crippen LogP contribution < -0.4 is 10.1 Å². The summed E-state index contributed by atoms with van der Waals surface area (Å²) in [6, 6.07) is -0.470. The minimum absolute atomic E-state index is 0.0517. The Morgan fingerprint density at radius 2 is 1.97 bits per heavy atom. The molecule has 1 amide bonds. The number of carbonyl (C=O) groups is 1. The Bertz CT molecular complexity index is 844. The normalized spacial score (nSPS) is 20.1. The van der Waals surface area contributed by atoms with E-state index in [1.165, 1.54) is 12.3 Å². The van der Waals surface area contributed by atoms with Crippen molar-refractivity contribution in [1.29, 1.82) is 0 Å². The summed E-state index contributed by atoms with van der Waals surface area (Å²) in [5.41, 5.74) is 0.262. The number of rotatable bonds is 7. The van der Waals surface area contributed by atoms with Crippen LogP contribution in [-0.4, -0.2) is 55.9 Å². The predicted molar refractivity (Wildman–Crippen MR) is 109 cm³/mol. The monoisotopic (exact) mass is 423 g/mol. The van der Waals surface area contributed by atoms with Gasteiger partial charge >= 0.3 is 0 Å². The molecule has 1 aromatic heterocycles. The van der Waals surface area contributed by atoms with Gasteiger partial charge in [-0.05, 0) is 19.8 Å². The zero-order chi connectivity index (χ0) is 20.9. The molecule has 2 heterocycles. The molecule has 1 saturated carbocycles. The van der Waals surface area contributed by atoms with E-state index in [2.05, 4.69) is 15.3 Å². The number of hydrogen-bond donors (Lipinski definition) is 1. The first kappa shape index (κ1) is 21.7. The van der Waals surface area contributed by atoms with Gasteiger partial charge in [0.15, 0.2) is 9.84 Å². The third kappa shape index (κ3) is 6.50. The van der Waals surface area contributed by atoms with E-state index in [1.54, 1.807) is 6.92 Å². The Morgan fingerprint density at radius 3 is 2.62 bits per heavy atom. The fraction of sp³-hybridized carbons (Fsp3) is 0.650. The number of ether oxygens (including phenoxy) is 2. The molecule has 1 saturated heterocycles. The van der Waals surface area contributed by atoms with Crippen LogP contribution in [0.2, 0.25) is 0 Å². The molecule has 0 spiro atoms. The molecular weight excluding hydrogens is 394 g/mol. The number of hydrogen-bond acceptors (Lipinski definition) is 7. The topological polar surface area (TPSA) is 107 Å². The fourth-order valence-corrected chi connectivity index (χ4v) is 4.07. The SMILES string of the molecule is C[C@@H](/C=C/S(C)(=O)=O)NC(=O)c1cnc(C2CCCC2)nc1OC1CCOCC1. The minimum Gasteiger partial charge on any atom is -0.474 e. The van der Waals surface area contributed by atoms with E-state index in [1.807, 2.05) is 0 Å². The predicted octanol–water partition coefficient (Wildman–Crippen LogP) is 2.37. The highest BCUT2D eigenvalue weighted by atomic mass is 32.2. The van der Waals surface area contributed by atoms with Crippen molar-refractivity contribution < 1.29 is 22.7 Å². The zero-order valence-corrected chi connectivity index (χ0v) is 17.8. The first-order valence-corrected chi connectivity index (χ1v) is 12.1. The van der Waals surface area contributed by atoms with Crippen molar-refractivity contribution in [2.75, 3.05) is 19.5 Å². The molecule has 2 fully saturated rings. The molecule has 1 aromatic rings. The second kappa shape index (κ2) is 9.67. The molecule has 29 heavy (non-hydrogen) atoms. The molecule has 0 bridgehead atoms. The van der Waals surface area contributed by atoms with Crippen LogP contribution in [0.15, 0.2) is 17.7 Å². The summed E-state index contributed by atoms with van der Waals surface area (Å²) in [6.07, 6.45) is 9.93. The molecule has 1 N–H and O–H groups in total. The molecule has 3 rings (SSSR count). The highest BCUT2D eigenvalue weighted by Crippen LogP contribution is 2.33. The Hall–Kier alpha value is -2.00. The summed E-state index contributed by atoms with van der Waals surface area (Å²) in [5.74, 6) is 0.938. The summed E-state index contributed by atoms with van der Waals surface area (Å²) in [6.45, 7) is 2.95. The van der Waals surface area contributed by atoms with E-state index >= 15 is 0 Å². The maximum Gasteiger partial charge on any atom is 0.258 e. The Labute approximate surface area is 172 Å². The van der Waals surface area contributed by atoms with Gasteiger partial charge in [0.25, 0.3) is 5.91 Å². The molecule has 0 radical (unpaired) electrons.